The zero-order chi connectivity index (χ0) is 14.8. The van der Waals surface area contributed by atoms with Crippen molar-refractivity contribution in [3.63, 3.8) is 0 Å². The molecule has 1 unspecified atom stereocenters. The van der Waals surface area contributed by atoms with E-state index in [1.165, 1.54) is 0 Å². The summed E-state index contributed by atoms with van der Waals surface area (Å²) in [6, 6.07) is -0.0524. The minimum absolute atomic E-state index is 0.0524. The molecular formula is C13H22N4O2S. The first kappa shape index (κ1) is 15.0. The van der Waals surface area contributed by atoms with Crippen molar-refractivity contribution >= 4 is 21.5 Å². The van der Waals surface area contributed by atoms with E-state index >= 15 is 0 Å². The molecule has 2 rings (SSSR count). The Labute approximate surface area is 120 Å². The normalized spacial score (nSPS) is 21.8. The Morgan fingerprint density at radius 2 is 2.15 bits per heavy atom. The summed E-state index contributed by atoms with van der Waals surface area (Å²) in [4.78, 5) is 10.8. The molecule has 1 aliphatic heterocycles. The van der Waals surface area contributed by atoms with Crippen LogP contribution < -0.4 is 10.2 Å². The van der Waals surface area contributed by atoms with E-state index in [-0.39, 0.29) is 17.5 Å². The van der Waals surface area contributed by atoms with E-state index in [0.717, 1.165) is 30.2 Å². The average Bonchev–Trinajstić information content (AvgIpc) is 2.38. The molecule has 1 aliphatic rings. The monoisotopic (exact) mass is 298 g/mol. The summed E-state index contributed by atoms with van der Waals surface area (Å²) in [6.07, 6.45) is 2.36. The number of nitrogens with zero attached hydrogens (tertiary/aromatic N) is 3. The Kier molecular flexibility index (Phi) is 4.47. The van der Waals surface area contributed by atoms with Gasteiger partial charge in [-0.25, -0.2) is 18.4 Å². The van der Waals surface area contributed by atoms with Crippen LogP contribution in [0.15, 0.2) is 6.33 Å². The highest BCUT2D eigenvalue weighted by Crippen LogP contribution is 2.27. The third-order valence-corrected chi connectivity index (χ3v) is 5.36. The molecule has 1 saturated heterocycles. The standard InChI is InChI=1S/C13H22N4O2S/c1-4-11-12(14-5-2)15-9-16-13(11)17-6-7-20(18,19)8-10(17)3/h9-10H,4-8H2,1-3H3,(H,14,15,16). The van der Waals surface area contributed by atoms with Gasteiger partial charge in [0.2, 0.25) is 0 Å². The first-order chi connectivity index (χ1) is 9.48. The Bertz CT molecular complexity index is 574. The quantitative estimate of drug-likeness (QED) is 0.897. The fourth-order valence-corrected chi connectivity index (χ4v) is 4.17. The molecule has 0 amide bonds. The molecule has 1 atom stereocenters. The molecule has 1 aromatic rings. The smallest absolute Gasteiger partial charge is 0.154 e. The van der Waals surface area contributed by atoms with Gasteiger partial charge < -0.3 is 10.2 Å². The van der Waals surface area contributed by atoms with Crippen molar-refractivity contribution in [3.05, 3.63) is 11.9 Å². The lowest BCUT2D eigenvalue weighted by Gasteiger charge is -2.35. The van der Waals surface area contributed by atoms with E-state index in [4.69, 9.17) is 0 Å². The summed E-state index contributed by atoms with van der Waals surface area (Å²) in [5.74, 6) is 2.10. The predicted molar refractivity (Wildman–Crippen MR) is 81.0 cm³/mol. The maximum Gasteiger partial charge on any atom is 0.154 e. The van der Waals surface area contributed by atoms with E-state index < -0.39 is 9.84 Å². The highest BCUT2D eigenvalue weighted by molar-refractivity contribution is 7.91. The summed E-state index contributed by atoms with van der Waals surface area (Å²) >= 11 is 0. The van der Waals surface area contributed by atoms with Crippen molar-refractivity contribution < 1.29 is 8.42 Å². The van der Waals surface area contributed by atoms with Crippen LogP contribution in [-0.4, -0.2) is 49.0 Å². The van der Waals surface area contributed by atoms with E-state index in [9.17, 15) is 8.42 Å². The number of hydrogen-bond donors (Lipinski definition) is 1. The first-order valence-corrected chi connectivity index (χ1v) is 8.85. The average molecular weight is 298 g/mol. The Balaban J connectivity index is 2.35. The largest absolute Gasteiger partial charge is 0.370 e. The van der Waals surface area contributed by atoms with E-state index in [1.807, 2.05) is 13.8 Å². The van der Waals surface area contributed by atoms with E-state index in [0.29, 0.717) is 6.54 Å². The molecule has 0 bridgehead atoms. The number of hydrogen-bond acceptors (Lipinski definition) is 6. The van der Waals surface area contributed by atoms with Gasteiger partial charge in [-0.3, -0.25) is 0 Å². The molecule has 1 aromatic heterocycles. The second kappa shape index (κ2) is 5.95. The van der Waals surface area contributed by atoms with Crippen LogP contribution in [-0.2, 0) is 16.3 Å². The highest BCUT2D eigenvalue weighted by atomic mass is 32.2. The predicted octanol–water partition coefficient (Wildman–Crippen LogP) is 1.09. The zero-order valence-electron chi connectivity index (χ0n) is 12.3. The Hall–Kier alpha value is -1.37. The van der Waals surface area contributed by atoms with Crippen LogP contribution in [0.2, 0.25) is 0 Å². The third kappa shape index (κ3) is 3.03. The fraction of sp³-hybridized carbons (Fsp3) is 0.692. The molecule has 0 spiro atoms. The lowest BCUT2D eigenvalue weighted by Crippen LogP contribution is -2.47. The minimum Gasteiger partial charge on any atom is -0.370 e. The van der Waals surface area contributed by atoms with Crippen molar-refractivity contribution in [2.75, 3.05) is 34.8 Å². The summed E-state index contributed by atoms with van der Waals surface area (Å²) in [5.41, 5.74) is 1.06. The highest BCUT2D eigenvalue weighted by Gasteiger charge is 2.30. The second-order valence-corrected chi connectivity index (χ2v) is 7.29. The molecule has 7 heteroatoms. The van der Waals surface area contributed by atoms with Gasteiger partial charge in [-0.1, -0.05) is 6.92 Å². The lowest BCUT2D eigenvalue weighted by molar-refractivity contribution is 0.566. The number of anilines is 2. The molecule has 1 fully saturated rings. The summed E-state index contributed by atoms with van der Waals surface area (Å²) < 4.78 is 23.4. The van der Waals surface area contributed by atoms with Gasteiger partial charge in [0, 0.05) is 24.7 Å². The van der Waals surface area contributed by atoms with Crippen LogP contribution in [0.4, 0.5) is 11.6 Å². The number of sulfone groups is 1. The van der Waals surface area contributed by atoms with Gasteiger partial charge >= 0.3 is 0 Å². The Morgan fingerprint density at radius 1 is 1.40 bits per heavy atom. The third-order valence-electron chi connectivity index (χ3n) is 3.56. The molecule has 20 heavy (non-hydrogen) atoms. The second-order valence-electron chi connectivity index (χ2n) is 5.07. The molecule has 112 valence electrons. The molecule has 0 aliphatic carbocycles. The van der Waals surface area contributed by atoms with Crippen LogP contribution >= 0.6 is 0 Å². The molecule has 2 heterocycles. The van der Waals surface area contributed by atoms with Crippen molar-refractivity contribution in [1.29, 1.82) is 0 Å². The molecule has 6 nitrogen and oxygen atoms in total. The van der Waals surface area contributed by atoms with Crippen LogP contribution in [0.1, 0.15) is 26.3 Å². The minimum atomic E-state index is -2.91. The maximum absolute atomic E-state index is 11.7. The van der Waals surface area contributed by atoms with Gasteiger partial charge in [-0.2, -0.15) is 0 Å². The van der Waals surface area contributed by atoms with Crippen molar-refractivity contribution in [1.82, 2.24) is 9.97 Å². The summed E-state index contributed by atoms with van der Waals surface area (Å²) in [6.45, 7) is 7.32. The SMILES string of the molecule is CCNc1ncnc(N2CCS(=O)(=O)CC2C)c1CC. The van der Waals surface area contributed by atoms with Crippen molar-refractivity contribution in [2.24, 2.45) is 0 Å². The number of aromatic nitrogens is 2. The van der Waals surface area contributed by atoms with Crippen LogP contribution in [0.25, 0.3) is 0 Å². The summed E-state index contributed by atoms with van der Waals surface area (Å²) in [5, 5.41) is 3.24. The van der Waals surface area contributed by atoms with E-state index in [2.05, 4.69) is 27.1 Å². The van der Waals surface area contributed by atoms with Gasteiger partial charge in [-0.05, 0) is 20.3 Å². The van der Waals surface area contributed by atoms with E-state index in [1.54, 1.807) is 6.33 Å². The Morgan fingerprint density at radius 3 is 2.75 bits per heavy atom. The molecule has 0 aromatic carbocycles. The molecule has 0 saturated carbocycles. The zero-order valence-corrected chi connectivity index (χ0v) is 13.1. The summed E-state index contributed by atoms with van der Waals surface area (Å²) in [7, 11) is -2.91. The van der Waals surface area contributed by atoms with Gasteiger partial charge in [0.1, 0.15) is 18.0 Å². The van der Waals surface area contributed by atoms with Gasteiger partial charge in [-0.15, -0.1) is 0 Å². The molecule has 0 radical (unpaired) electrons. The first-order valence-electron chi connectivity index (χ1n) is 7.03. The number of nitrogens with one attached hydrogen (secondary N) is 1. The number of rotatable bonds is 4. The van der Waals surface area contributed by atoms with Crippen molar-refractivity contribution in [3.8, 4) is 0 Å². The van der Waals surface area contributed by atoms with Crippen molar-refractivity contribution in [2.45, 2.75) is 33.2 Å². The van der Waals surface area contributed by atoms with Crippen LogP contribution in [0, 0.1) is 0 Å². The topological polar surface area (TPSA) is 75.2 Å². The fourth-order valence-electron chi connectivity index (χ4n) is 2.61. The molecule has 1 N–H and O–H groups in total. The van der Waals surface area contributed by atoms with Gasteiger partial charge in [0.05, 0.1) is 11.5 Å². The van der Waals surface area contributed by atoms with Gasteiger partial charge in [0.25, 0.3) is 0 Å². The molecular weight excluding hydrogens is 276 g/mol. The van der Waals surface area contributed by atoms with Gasteiger partial charge in [0.15, 0.2) is 9.84 Å². The maximum atomic E-state index is 11.7. The lowest BCUT2D eigenvalue weighted by atomic mass is 10.1. The van der Waals surface area contributed by atoms with Crippen LogP contribution in [0.3, 0.4) is 0 Å². The van der Waals surface area contributed by atoms with Crippen LogP contribution in [0.5, 0.6) is 0 Å².